The third kappa shape index (κ3) is 5.13. The van der Waals surface area contributed by atoms with Crippen LogP contribution in [0.5, 0.6) is 11.5 Å². The van der Waals surface area contributed by atoms with E-state index >= 15 is 0 Å². The lowest BCUT2D eigenvalue weighted by atomic mass is 10.1. The number of methoxy groups -OCH3 is 1. The number of ether oxygens (including phenoxy) is 2. The van der Waals surface area contributed by atoms with Gasteiger partial charge >= 0.3 is 6.18 Å². The number of alkyl halides is 3. The largest absolute Gasteiger partial charge is 0.497 e. The Morgan fingerprint density at radius 2 is 1.66 bits per heavy atom. The second-order valence-electron chi connectivity index (χ2n) is 6.80. The lowest BCUT2D eigenvalue weighted by molar-refractivity contribution is -0.138. The molecule has 0 aliphatic carbocycles. The van der Waals surface area contributed by atoms with Gasteiger partial charge in [-0.15, -0.1) is 0 Å². The Balaban J connectivity index is 1.58. The zero-order chi connectivity index (χ0) is 21.0. The SMILES string of the molecule is COc1cccc(O[C@@H](C)C(=O)N2CCN(c3cccc(C(F)(F)F)c3)CC2)c1. The first-order chi connectivity index (χ1) is 13.8. The molecule has 0 N–H and O–H groups in total. The van der Waals surface area contributed by atoms with Crippen LogP contribution in [-0.2, 0) is 11.0 Å². The van der Waals surface area contributed by atoms with Crippen molar-refractivity contribution in [3.05, 3.63) is 54.1 Å². The predicted molar refractivity (Wildman–Crippen MR) is 103 cm³/mol. The summed E-state index contributed by atoms with van der Waals surface area (Å²) in [5.41, 5.74) is -0.165. The summed E-state index contributed by atoms with van der Waals surface area (Å²) in [6.07, 6.45) is -5.05. The summed E-state index contributed by atoms with van der Waals surface area (Å²) in [7, 11) is 1.55. The average molecular weight is 408 g/mol. The maximum absolute atomic E-state index is 12.9. The van der Waals surface area contributed by atoms with E-state index in [1.807, 2.05) is 4.90 Å². The van der Waals surface area contributed by atoms with Crippen molar-refractivity contribution in [1.29, 1.82) is 0 Å². The molecular formula is C21H23F3N2O3. The standard InChI is InChI=1S/C21H23F3N2O3/c1-15(29-19-8-4-7-18(14-19)28-2)20(27)26-11-9-25(10-12-26)17-6-3-5-16(13-17)21(22,23)24/h3-8,13-15H,9-12H2,1-2H3/t15-/m0/s1. The van der Waals surface area contributed by atoms with E-state index in [4.69, 9.17) is 9.47 Å². The van der Waals surface area contributed by atoms with Crippen molar-refractivity contribution in [2.45, 2.75) is 19.2 Å². The van der Waals surface area contributed by atoms with Crippen LogP contribution in [0.25, 0.3) is 0 Å². The van der Waals surface area contributed by atoms with Crippen molar-refractivity contribution in [3.63, 3.8) is 0 Å². The molecule has 0 spiro atoms. The molecule has 0 saturated carbocycles. The normalized spacial score (nSPS) is 15.8. The van der Waals surface area contributed by atoms with Gasteiger partial charge in [-0.2, -0.15) is 13.2 Å². The second-order valence-corrected chi connectivity index (χ2v) is 6.80. The van der Waals surface area contributed by atoms with Crippen molar-refractivity contribution < 1.29 is 27.4 Å². The fourth-order valence-electron chi connectivity index (χ4n) is 3.25. The minimum atomic E-state index is -4.37. The molecule has 1 fully saturated rings. The number of anilines is 1. The number of nitrogens with zero attached hydrogens (tertiary/aromatic N) is 2. The minimum Gasteiger partial charge on any atom is -0.497 e. The summed E-state index contributed by atoms with van der Waals surface area (Å²) >= 11 is 0. The molecule has 29 heavy (non-hydrogen) atoms. The molecule has 5 nitrogen and oxygen atoms in total. The van der Waals surface area contributed by atoms with E-state index in [2.05, 4.69) is 0 Å². The lowest BCUT2D eigenvalue weighted by Gasteiger charge is -2.37. The van der Waals surface area contributed by atoms with Crippen molar-refractivity contribution in [1.82, 2.24) is 4.90 Å². The maximum atomic E-state index is 12.9. The van der Waals surface area contributed by atoms with E-state index in [1.165, 1.54) is 6.07 Å². The molecule has 1 aliphatic heterocycles. The van der Waals surface area contributed by atoms with Crippen molar-refractivity contribution >= 4 is 11.6 Å². The highest BCUT2D eigenvalue weighted by atomic mass is 19.4. The number of carbonyl (C=O) groups excluding carboxylic acids is 1. The third-order valence-corrected chi connectivity index (χ3v) is 4.83. The van der Waals surface area contributed by atoms with Gasteiger partial charge in [0, 0.05) is 37.9 Å². The maximum Gasteiger partial charge on any atom is 0.416 e. The Morgan fingerprint density at radius 1 is 1.00 bits per heavy atom. The fourth-order valence-corrected chi connectivity index (χ4v) is 3.25. The van der Waals surface area contributed by atoms with E-state index in [0.717, 1.165) is 12.1 Å². The predicted octanol–water partition coefficient (Wildman–Crippen LogP) is 3.83. The summed E-state index contributed by atoms with van der Waals surface area (Å²) in [6.45, 7) is 3.43. The minimum absolute atomic E-state index is 0.156. The number of benzene rings is 2. The van der Waals surface area contributed by atoms with Crippen LogP contribution >= 0.6 is 0 Å². The van der Waals surface area contributed by atoms with Crippen LogP contribution in [-0.4, -0.2) is 50.2 Å². The van der Waals surface area contributed by atoms with Gasteiger partial charge in [0.05, 0.1) is 12.7 Å². The van der Waals surface area contributed by atoms with Gasteiger partial charge in [0.25, 0.3) is 5.91 Å². The zero-order valence-electron chi connectivity index (χ0n) is 16.3. The number of halogens is 3. The summed E-state index contributed by atoms with van der Waals surface area (Å²) in [4.78, 5) is 16.2. The van der Waals surface area contributed by atoms with Crippen LogP contribution in [0.3, 0.4) is 0 Å². The highest BCUT2D eigenvalue weighted by molar-refractivity contribution is 5.81. The number of hydrogen-bond acceptors (Lipinski definition) is 4. The van der Waals surface area contributed by atoms with Gasteiger partial charge in [-0.05, 0) is 37.3 Å². The van der Waals surface area contributed by atoms with Gasteiger partial charge in [-0.25, -0.2) is 0 Å². The Morgan fingerprint density at radius 3 is 2.31 bits per heavy atom. The molecule has 1 saturated heterocycles. The molecule has 2 aromatic carbocycles. The molecular weight excluding hydrogens is 385 g/mol. The van der Waals surface area contributed by atoms with Crippen LogP contribution < -0.4 is 14.4 Å². The van der Waals surface area contributed by atoms with Crippen molar-refractivity contribution in [3.8, 4) is 11.5 Å². The third-order valence-electron chi connectivity index (χ3n) is 4.83. The van der Waals surface area contributed by atoms with E-state index in [1.54, 1.807) is 49.3 Å². The monoisotopic (exact) mass is 408 g/mol. The Kier molecular flexibility index (Phi) is 6.20. The van der Waals surface area contributed by atoms with Gasteiger partial charge in [0.2, 0.25) is 0 Å². The average Bonchev–Trinajstić information content (AvgIpc) is 2.73. The van der Waals surface area contributed by atoms with Crippen molar-refractivity contribution in [2.24, 2.45) is 0 Å². The number of carbonyl (C=O) groups is 1. The quantitative estimate of drug-likeness (QED) is 0.754. The molecule has 1 aliphatic rings. The molecule has 0 unspecified atom stereocenters. The van der Waals surface area contributed by atoms with Crippen LogP contribution in [0.15, 0.2) is 48.5 Å². The topological polar surface area (TPSA) is 42.0 Å². The first kappa shape index (κ1) is 20.8. The summed E-state index contributed by atoms with van der Waals surface area (Å²) < 4.78 is 49.6. The second kappa shape index (κ2) is 8.63. The highest BCUT2D eigenvalue weighted by Gasteiger charge is 2.31. The van der Waals surface area contributed by atoms with Gasteiger partial charge < -0.3 is 19.3 Å². The first-order valence-corrected chi connectivity index (χ1v) is 9.29. The number of amides is 1. The van der Waals surface area contributed by atoms with Gasteiger partial charge in [0.1, 0.15) is 11.5 Å². The molecule has 1 amide bonds. The smallest absolute Gasteiger partial charge is 0.416 e. The Hall–Kier alpha value is -2.90. The molecule has 0 radical (unpaired) electrons. The van der Waals surface area contributed by atoms with Crippen LogP contribution in [0.1, 0.15) is 12.5 Å². The van der Waals surface area contributed by atoms with E-state index in [9.17, 15) is 18.0 Å². The number of rotatable bonds is 5. The lowest BCUT2D eigenvalue weighted by Crippen LogP contribution is -2.52. The molecule has 1 heterocycles. The molecule has 1 atom stereocenters. The zero-order valence-corrected chi connectivity index (χ0v) is 16.3. The van der Waals surface area contributed by atoms with Gasteiger partial charge in [-0.1, -0.05) is 12.1 Å². The molecule has 156 valence electrons. The van der Waals surface area contributed by atoms with Crippen LogP contribution in [0.2, 0.25) is 0 Å². The molecule has 2 aromatic rings. The van der Waals surface area contributed by atoms with Gasteiger partial charge in [-0.3, -0.25) is 4.79 Å². The molecule has 3 rings (SSSR count). The van der Waals surface area contributed by atoms with E-state index in [0.29, 0.717) is 43.4 Å². The number of piperazine rings is 1. The van der Waals surface area contributed by atoms with E-state index < -0.39 is 17.8 Å². The highest BCUT2D eigenvalue weighted by Crippen LogP contribution is 2.32. The van der Waals surface area contributed by atoms with Crippen LogP contribution in [0.4, 0.5) is 18.9 Å². The van der Waals surface area contributed by atoms with E-state index in [-0.39, 0.29) is 5.91 Å². The summed E-state index contributed by atoms with van der Waals surface area (Å²) in [5, 5.41) is 0. The van der Waals surface area contributed by atoms with Crippen LogP contribution in [0, 0.1) is 0 Å². The van der Waals surface area contributed by atoms with Gasteiger partial charge in [0.15, 0.2) is 6.10 Å². The molecule has 0 aromatic heterocycles. The van der Waals surface area contributed by atoms with Crippen molar-refractivity contribution in [2.75, 3.05) is 38.2 Å². The molecule has 0 bridgehead atoms. The first-order valence-electron chi connectivity index (χ1n) is 9.29. The Bertz CT molecular complexity index is 849. The molecule has 8 heteroatoms. The Labute approximate surface area is 167 Å². The summed E-state index contributed by atoms with van der Waals surface area (Å²) in [6, 6.07) is 12.3. The summed E-state index contributed by atoms with van der Waals surface area (Å²) in [5.74, 6) is 1.01. The number of hydrogen-bond donors (Lipinski definition) is 0. The fraction of sp³-hybridized carbons (Fsp3) is 0.381.